The first-order valence-electron chi connectivity index (χ1n) is 11.7. The Morgan fingerprint density at radius 1 is 0.667 bits per heavy atom. The molecule has 0 bridgehead atoms. The van der Waals surface area contributed by atoms with Crippen LogP contribution in [0.25, 0.3) is 22.3 Å². The number of benzene rings is 4. The number of halogens is 5. The Hall–Kier alpha value is -3.67. The quantitative estimate of drug-likeness (QED) is 0.221. The molecule has 0 aliphatic heterocycles. The van der Waals surface area contributed by atoms with Crippen molar-refractivity contribution in [2.24, 2.45) is 0 Å². The van der Waals surface area contributed by atoms with Crippen molar-refractivity contribution >= 4 is 0 Å². The summed E-state index contributed by atoms with van der Waals surface area (Å²) >= 11 is 0. The van der Waals surface area contributed by atoms with E-state index in [0.717, 1.165) is 18.4 Å². The first-order valence-corrected chi connectivity index (χ1v) is 11.7. The highest BCUT2D eigenvalue weighted by Gasteiger charge is 2.20. The average Bonchev–Trinajstić information content (AvgIpc) is 2.86. The molecule has 0 aromatic heterocycles. The van der Waals surface area contributed by atoms with E-state index in [0.29, 0.717) is 16.7 Å². The molecule has 4 rings (SSSR count). The summed E-state index contributed by atoms with van der Waals surface area (Å²) in [5.74, 6) is -3.23. The van der Waals surface area contributed by atoms with Gasteiger partial charge in [0.15, 0.2) is 23.2 Å². The smallest absolute Gasteiger partial charge is 0.267 e. The van der Waals surface area contributed by atoms with Crippen molar-refractivity contribution in [2.45, 2.75) is 39.7 Å². The van der Waals surface area contributed by atoms with Gasteiger partial charge in [0.25, 0.3) is 6.43 Å². The molecule has 6 heteroatoms. The summed E-state index contributed by atoms with van der Waals surface area (Å²) in [6.45, 7) is 3.41. The van der Waals surface area contributed by atoms with E-state index in [4.69, 9.17) is 4.74 Å². The van der Waals surface area contributed by atoms with Crippen molar-refractivity contribution in [1.29, 1.82) is 0 Å². The molecule has 0 saturated heterocycles. The summed E-state index contributed by atoms with van der Waals surface area (Å²) < 4.78 is 75.9. The second kappa shape index (κ2) is 10.9. The molecule has 0 N–H and O–H groups in total. The van der Waals surface area contributed by atoms with Crippen LogP contribution in [0.3, 0.4) is 0 Å². The lowest BCUT2D eigenvalue weighted by atomic mass is 9.97. The van der Waals surface area contributed by atoms with Gasteiger partial charge in [-0.05, 0) is 47.2 Å². The molecule has 0 aliphatic carbocycles. The van der Waals surface area contributed by atoms with Crippen LogP contribution in [-0.2, 0) is 13.0 Å². The van der Waals surface area contributed by atoms with E-state index in [1.807, 2.05) is 12.1 Å². The van der Waals surface area contributed by atoms with Gasteiger partial charge < -0.3 is 4.74 Å². The third kappa shape index (κ3) is 5.27. The number of hydrogen-bond donors (Lipinski definition) is 0. The molecule has 36 heavy (non-hydrogen) atoms. The summed E-state index contributed by atoms with van der Waals surface area (Å²) in [6.07, 6.45) is -1.02. The van der Waals surface area contributed by atoms with Crippen molar-refractivity contribution in [3.63, 3.8) is 0 Å². The van der Waals surface area contributed by atoms with Gasteiger partial charge in [0.2, 0.25) is 0 Å². The molecular formula is C30H25F5O. The largest absolute Gasteiger partial charge is 0.486 e. The molecule has 0 saturated carbocycles. The fraction of sp³-hybridized carbons (Fsp3) is 0.200. The van der Waals surface area contributed by atoms with Crippen molar-refractivity contribution < 1.29 is 26.7 Å². The maximum Gasteiger partial charge on any atom is 0.267 e. The SMILES string of the molecule is CCCc1ccc(-c2ccc(-c3ccc(COc4ccc(C)c(C(F)F)c4F)cc3)c(F)c2F)cc1. The second-order valence-electron chi connectivity index (χ2n) is 8.63. The van der Waals surface area contributed by atoms with Gasteiger partial charge in [-0.15, -0.1) is 0 Å². The number of alkyl halides is 2. The van der Waals surface area contributed by atoms with Gasteiger partial charge in [-0.2, -0.15) is 0 Å². The molecule has 0 aliphatic rings. The summed E-state index contributed by atoms with van der Waals surface area (Å²) in [6, 6.07) is 19.7. The Bertz CT molecular complexity index is 1350. The molecule has 0 radical (unpaired) electrons. The Balaban J connectivity index is 1.51. The molecule has 0 atom stereocenters. The van der Waals surface area contributed by atoms with Gasteiger partial charge in [0, 0.05) is 11.1 Å². The van der Waals surface area contributed by atoms with Crippen LogP contribution in [0.2, 0.25) is 0 Å². The van der Waals surface area contributed by atoms with Crippen LogP contribution in [0.4, 0.5) is 22.0 Å². The van der Waals surface area contributed by atoms with E-state index in [1.54, 1.807) is 42.5 Å². The van der Waals surface area contributed by atoms with Gasteiger partial charge in [0.1, 0.15) is 6.61 Å². The van der Waals surface area contributed by atoms with E-state index in [2.05, 4.69) is 6.92 Å². The van der Waals surface area contributed by atoms with E-state index < -0.39 is 29.4 Å². The zero-order valence-corrected chi connectivity index (χ0v) is 19.9. The third-order valence-corrected chi connectivity index (χ3v) is 6.13. The molecule has 1 nitrogen and oxygen atoms in total. The number of hydrogen-bond acceptors (Lipinski definition) is 1. The van der Waals surface area contributed by atoms with Crippen LogP contribution < -0.4 is 4.74 Å². The Morgan fingerprint density at radius 2 is 1.19 bits per heavy atom. The molecule has 0 unspecified atom stereocenters. The van der Waals surface area contributed by atoms with E-state index in [-0.39, 0.29) is 29.0 Å². The fourth-order valence-corrected chi connectivity index (χ4v) is 4.13. The highest BCUT2D eigenvalue weighted by atomic mass is 19.3. The molecule has 0 heterocycles. The van der Waals surface area contributed by atoms with Gasteiger partial charge in [0.05, 0.1) is 5.56 Å². The van der Waals surface area contributed by atoms with Gasteiger partial charge >= 0.3 is 0 Å². The van der Waals surface area contributed by atoms with Crippen LogP contribution in [0, 0.1) is 24.4 Å². The molecule has 186 valence electrons. The molecule has 0 fully saturated rings. The van der Waals surface area contributed by atoms with E-state index in [1.165, 1.54) is 25.1 Å². The van der Waals surface area contributed by atoms with E-state index in [9.17, 15) is 22.0 Å². The van der Waals surface area contributed by atoms with Crippen molar-refractivity contribution in [3.8, 4) is 28.0 Å². The van der Waals surface area contributed by atoms with Gasteiger partial charge in [-0.25, -0.2) is 22.0 Å². The van der Waals surface area contributed by atoms with E-state index >= 15 is 0 Å². The Morgan fingerprint density at radius 3 is 1.69 bits per heavy atom. The first kappa shape index (κ1) is 25.4. The van der Waals surface area contributed by atoms with Crippen LogP contribution >= 0.6 is 0 Å². The topological polar surface area (TPSA) is 9.23 Å². The summed E-state index contributed by atoms with van der Waals surface area (Å²) in [7, 11) is 0. The normalized spacial score (nSPS) is 11.2. The monoisotopic (exact) mass is 496 g/mol. The lowest BCUT2D eigenvalue weighted by molar-refractivity contribution is 0.143. The number of rotatable bonds is 8. The van der Waals surface area contributed by atoms with Crippen LogP contribution in [0.1, 0.15) is 42.0 Å². The molecule has 4 aromatic carbocycles. The maximum absolute atomic E-state index is 15.0. The number of aryl methyl sites for hydroxylation is 2. The molecule has 4 aromatic rings. The Labute approximate surface area is 207 Å². The molecule has 0 amide bonds. The summed E-state index contributed by atoms with van der Waals surface area (Å²) in [4.78, 5) is 0. The van der Waals surface area contributed by atoms with Gasteiger partial charge in [-0.3, -0.25) is 0 Å². The van der Waals surface area contributed by atoms with Crippen LogP contribution in [0.15, 0.2) is 72.8 Å². The third-order valence-electron chi connectivity index (χ3n) is 6.13. The van der Waals surface area contributed by atoms with Crippen LogP contribution in [0.5, 0.6) is 5.75 Å². The summed E-state index contributed by atoms with van der Waals surface area (Å²) in [5.41, 5.74) is 2.58. The zero-order valence-electron chi connectivity index (χ0n) is 19.9. The highest BCUT2D eigenvalue weighted by molar-refractivity contribution is 5.72. The Kier molecular flexibility index (Phi) is 7.73. The van der Waals surface area contributed by atoms with Crippen molar-refractivity contribution in [3.05, 3.63) is 113 Å². The fourth-order valence-electron chi connectivity index (χ4n) is 4.13. The van der Waals surface area contributed by atoms with Crippen LogP contribution in [-0.4, -0.2) is 0 Å². The van der Waals surface area contributed by atoms with Crippen molar-refractivity contribution in [1.82, 2.24) is 0 Å². The zero-order chi connectivity index (χ0) is 25.8. The minimum atomic E-state index is -2.95. The van der Waals surface area contributed by atoms with Crippen molar-refractivity contribution in [2.75, 3.05) is 0 Å². The standard InChI is InChI=1S/C30H25F5O/c1-3-4-19-6-10-21(11-7-19)23-14-15-24(28(32)27(23)31)22-12-8-20(9-13-22)17-36-25-16-5-18(2)26(29(25)33)30(34)35/h5-16,30H,3-4,17H2,1-2H3. The first-order chi connectivity index (χ1) is 17.3. The predicted octanol–water partition coefficient (Wildman–Crippen LogP) is 9.22. The number of ether oxygens (including phenoxy) is 1. The molecular weight excluding hydrogens is 471 g/mol. The predicted molar refractivity (Wildman–Crippen MR) is 132 cm³/mol. The van der Waals surface area contributed by atoms with Gasteiger partial charge in [-0.1, -0.05) is 80.1 Å². The minimum Gasteiger partial charge on any atom is -0.486 e. The minimum absolute atomic E-state index is 0.0766. The lowest BCUT2D eigenvalue weighted by Crippen LogP contribution is -2.02. The lowest BCUT2D eigenvalue weighted by Gasteiger charge is -2.13. The average molecular weight is 497 g/mol. The highest BCUT2D eigenvalue weighted by Crippen LogP contribution is 2.33. The maximum atomic E-state index is 15.0. The summed E-state index contributed by atoms with van der Waals surface area (Å²) in [5, 5.41) is 0. The molecule has 0 spiro atoms. The second-order valence-corrected chi connectivity index (χ2v) is 8.63.